The molecule has 0 aliphatic carbocycles. The zero-order valence-electron chi connectivity index (χ0n) is 7.64. The van der Waals surface area contributed by atoms with E-state index < -0.39 is 0 Å². The van der Waals surface area contributed by atoms with Crippen molar-refractivity contribution in [2.75, 3.05) is 13.1 Å². The number of rotatable bonds is 2. The normalized spacial score (nSPS) is 18.6. The fraction of sp³-hybridized carbons (Fsp3) is 0.556. The Bertz CT molecular complexity index is 279. The number of hydrogen-bond acceptors (Lipinski definition) is 4. The van der Waals surface area contributed by atoms with E-state index in [0.717, 1.165) is 31.0 Å². The van der Waals surface area contributed by atoms with Gasteiger partial charge in [-0.15, -0.1) is 0 Å². The Labute approximate surface area is 77.2 Å². The summed E-state index contributed by atoms with van der Waals surface area (Å²) in [5.41, 5.74) is 1.91. The van der Waals surface area contributed by atoms with Gasteiger partial charge in [0.05, 0.1) is 17.5 Å². The molecule has 4 heteroatoms. The first kappa shape index (κ1) is 8.59. The maximum absolute atomic E-state index is 9.06. The molecule has 0 unspecified atom stereocenters. The number of aliphatic hydroxyl groups excluding tert-OH is 1. The van der Waals surface area contributed by atoms with Crippen LogP contribution in [0.25, 0.3) is 0 Å². The van der Waals surface area contributed by atoms with Crippen molar-refractivity contribution in [3.8, 4) is 0 Å². The maximum atomic E-state index is 9.06. The Hall–Kier alpha value is -1.00. The molecule has 2 heterocycles. The Balaban J connectivity index is 1.91. The summed E-state index contributed by atoms with van der Waals surface area (Å²) in [6.07, 6.45) is 3.42. The van der Waals surface area contributed by atoms with Crippen LogP contribution >= 0.6 is 0 Å². The second-order valence-corrected chi connectivity index (χ2v) is 3.50. The molecular formula is C9H13N3O. The number of aromatic nitrogens is 2. The van der Waals surface area contributed by atoms with E-state index in [-0.39, 0.29) is 6.10 Å². The van der Waals surface area contributed by atoms with E-state index in [9.17, 15) is 0 Å². The average Bonchev–Trinajstić information content (AvgIpc) is 2.06. The molecule has 0 bridgehead atoms. The molecule has 1 fully saturated rings. The van der Waals surface area contributed by atoms with E-state index >= 15 is 0 Å². The van der Waals surface area contributed by atoms with Crippen LogP contribution in [0.15, 0.2) is 12.4 Å². The highest BCUT2D eigenvalue weighted by Gasteiger charge is 2.24. The lowest BCUT2D eigenvalue weighted by atomic mass is 10.1. The standard InChI is InChI=1S/C9H13N3O/c1-7-2-11-8(3-10-7)4-12-5-9(13)6-12/h2-3,9,13H,4-6H2,1H3. The van der Waals surface area contributed by atoms with Gasteiger partial charge < -0.3 is 5.11 Å². The number of nitrogens with zero attached hydrogens (tertiary/aromatic N) is 3. The minimum Gasteiger partial charge on any atom is -0.390 e. The van der Waals surface area contributed by atoms with E-state index in [1.54, 1.807) is 12.4 Å². The van der Waals surface area contributed by atoms with Gasteiger partial charge in [-0.2, -0.15) is 0 Å². The first-order chi connectivity index (χ1) is 6.24. The van der Waals surface area contributed by atoms with Gasteiger partial charge in [0.1, 0.15) is 0 Å². The van der Waals surface area contributed by atoms with Crippen molar-refractivity contribution in [1.82, 2.24) is 14.9 Å². The molecule has 2 rings (SSSR count). The lowest BCUT2D eigenvalue weighted by Gasteiger charge is -2.35. The van der Waals surface area contributed by atoms with E-state index in [2.05, 4.69) is 14.9 Å². The van der Waals surface area contributed by atoms with Gasteiger partial charge in [0.15, 0.2) is 0 Å². The van der Waals surface area contributed by atoms with Gasteiger partial charge in [0, 0.05) is 32.0 Å². The predicted molar refractivity (Wildman–Crippen MR) is 48.1 cm³/mol. The molecule has 4 nitrogen and oxygen atoms in total. The summed E-state index contributed by atoms with van der Waals surface area (Å²) in [6, 6.07) is 0. The molecular weight excluding hydrogens is 166 g/mol. The number of aliphatic hydroxyl groups is 1. The van der Waals surface area contributed by atoms with Crippen LogP contribution in [0.5, 0.6) is 0 Å². The van der Waals surface area contributed by atoms with Crippen LogP contribution in [-0.2, 0) is 6.54 Å². The molecule has 1 aromatic rings. The summed E-state index contributed by atoms with van der Waals surface area (Å²) in [5, 5.41) is 9.06. The monoisotopic (exact) mass is 179 g/mol. The lowest BCUT2D eigenvalue weighted by Crippen LogP contribution is -2.49. The second kappa shape index (κ2) is 3.40. The van der Waals surface area contributed by atoms with E-state index in [1.165, 1.54) is 0 Å². The highest BCUT2D eigenvalue weighted by Crippen LogP contribution is 2.10. The van der Waals surface area contributed by atoms with Crippen LogP contribution in [0.4, 0.5) is 0 Å². The quantitative estimate of drug-likeness (QED) is 0.692. The van der Waals surface area contributed by atoms with Crippen LogP contribution < -0.4 is 0 Å². The zero-order chi connectivity index (χ0) is 9.26. The molecule has 1 aliphatic heterocycles. The molecule has 0 aromatic carbocycles. The van der Waals surface area contributed by atoms with Gasteiger partial charge in [-0.3, -0.25) is 14.9 Å². The summed E-state index contributed by atoms with van der Waals surface area (Å²) in [4.78, 5) is 10.5. The van der Waals surface area contributed by atoms with Gasteiger partial charge in [-0.25, -0.2) is 0 Å². The first-order valence-electron chi connectivity index (χ1n) is 4.42. The lowest BCUT2D eigenvalue weighted by molar-refractivity contribution is -0.00360. The summed E-state index contributed by atoms with van der Waals surface area (Å²) >= 11 is 0. The van der Waals surface area contributed by atoms with Gasteiger partial charge in [-0.05, 0) is 6.92 Å². The number of likely N-dealkylation sites (tertiary alicyclic amines) is 1. The smallest absolute Gasteiger partial charge is 0.0794 e. The largest absolute Gasteiger partial charge is 0.390 e. The van der Waals surface area contributed by atoms with E-state index in [1.807, 2.05) is 6.92 Å². The molecule has 0 spiro atoms. The molecule has 1 aromatic heterocycles. The minimum absolute atomic E-state index is 0.140. The van der Waals surface area contributed by atoms with Crippen LogP contribution in [-0.4, -0.2) is 39.2 Å². The van der Waals surface area contributed by atoms with Gasteiger partial charge in [0.25, 0.3) is 0 Å². The van der Waals surface area contributed by atoms with Crippen LogP contribution in [0.1, 0.15) is 11.4 Å². The number of β-amino-alcohol motifs (C(OH)–C–C–N with tert-alkyl or cyclic N) is 1. The van der Waals surface area contributed by atoms with Crippen molar-refractivity contribution < 1.29 is 5.11 Å². The molecule has 1 aliphatic rings. The fourth-order valence-corrected chi connectivity index (χ4v) is 1.40. The van der Waals surface area contributed by atoms with Crippen molar-refractivity contribution in [3.63, 3.8) is 0 Å². The molecule has 0 amide bonds. The van der Waals surface area contributed by atoms with Crippen molar-refractivity contribution in [3.05, 3.63) is 23.8 Å². The Morgan fingerprint density at radius 2 is 2.23 bits per heavy atom. The third-order valence-corrected chi connectivity index (χ3v) is 2.16. The topological polar surface area (TPSA) is 49.2 Å². The van der Waals surface area contributed by atoms with Crippen LogP contribution in [0.2, 0.25) is 0 Å². The van der Waals surface area contributed by atoms with Gasteiger partial charge in [-0.1, -0.05) is 0 Å². The SMILES string of the molecule is Cc1cnc(CN2CC(O)C2)cn1. The molecule has 0 saturated carbocycles. The van der Waals surface area contributed by atoms with Crippen molar-refractivity contribution >= 4 is 0 Å². The van der Waals surface area contributed by atoms with Crippen molar-refractivity contribution in [2.45, 2.75) is 19.6 Å². The minimum atomic E-state index is -0.140. The third-order valence-electron chi connectivity index (χ3n) is 2.16. The first-order valence-corrected chi connectivity index (χ1v) is 4.42. The summed E-state index contributed by atoms with van der Waals surface area (Å²) < 4.78 is 0. The Kier molecular flexibility index (Phi) is 2.24. The Morgan fingerprint density at radius 1 is 1.46 bits per heavy atom. The van der Waals surface area contributed by atoms with Crippen molar-refractivity contribution in [1.29, 1.82) is 0 Å². The fourth-order valence-electron chi connectivity index (χ4n) is 1.40. The Morgan fingerprint density at radius 3 is 2.77 bits per heavy atom. The number of aryl methyl sites for hydroxylation is 1. The molecule has 13 heavy (non-hydrogen) atoms. The van der Waals surface area contributed by atoms with E-state index in [0.29, 0.717) is 0 Å². The zero-order valence-corrected chi connectivity index (χ0v) is 7.64. The van der Waals surface area contributed by atoms with Crippen LogP contribution in [0.3, 0.4) is 0 Å². The van der Waals surface area contributed by atoms with Crippen LogP contribution in [0, 0.1) is 6.92 Å². The maximum Gasteiger partial charge on any atom is 0.0794 e. The second-order valence-electron chi connectivity index (χ2n) is 3.50. The summed E-state index contributed by atoms with van der Waals surface area (Å²) in [6.45, 7) is 4.24. The summed E-state index contributed by atoms with van der Waals surface area (Å²) in [5.74, 6) is 0. The van der Waals surface area contributed by atoms with E-state index in [4.69, 9.17) is 5.11 Å². The highest BCUT2D eigenvalue weighted by atomic mass is 16.3. The molecule has 0 radical (unpaired) electrons. The summed E-state index contributed by atoms with van der Waals surface area (Å²) in [7, 11) is 0. The molecule has 70 valence electrons. The molecule has 1 saturated heterocycles. The molecule has 1 N–H and O–H groups in total. The highest BCUT2D eigenvalue weighted by molar-refractivity contribution is 5.01. The van der Waals surface area contributed by atoms with Gasteiger partial charge in [0.2, 0.25) is 0 Å². The van der Waals surface area contributed by atoms with Gasteiger partial charge >= 0.3 is 0 Å². The molecule has 0 atom stereocenters. The van der Waals surface area contributed by atoms with Crippen molar-refractivity contribution in [2.24, 2.45) is 0 Å². The average molecular weight is 179 g/mol. The number of hydrogen-bond donors (Lipinski definition) is 1. The predicted octanol–water partition coefficient (Wildman–Crippen LogP) is -0.0385. The third kappa shape index (κ3) is 2.02.